The number of nitrogens with zero attached hydrogens (tertiary/aromatic N) is 1. The summed E-state index contributed by atoms with van der Waals surface area (Å²) in [6, 6.07) is 5.56. The fourth-order valence-corrected chi connectivity index (χ4v) is 2.74. The van der Waals surface area contributed by atoms with Crippen LogP contribution in [0.4, 0.5) is 4.39 Å². The van der Waals surface area contributed by atoms with E-state index < -0.39 is 6.10 Å². The lowest BCUT2D eigenvalue weighted by atomic mass is 10.1. The van der Waals surface area contributed by atoms with Gasteiger partial charge in [0, 0.05) is 17.8 Å². The molecule has 1 atom stereocenters. The molecule has 0 aliphatic heterocycles. The zero-order valence-electron chi connectivity index (χ0n) is 12.5. The molecule has 0 saturated carbocycles. The number of halogens is 1. The van der Waals surface area contributed by atoms with Crippen molar-refractivity contribution in [1.82, 2.24) is 10.3 Å². The summed E-state index contributed by atoms with van der Waals surface area (Å²) in [6.07, 6.45) is -0.662. The molecule has 118 valence electrons. The molecular formula is C16H19FN2O2S. The largest absolute Gasteiger partial charge is 0.387 e. The van der Waals surface area contributed by atoms with Gasteiger partial charge in [-0.25, -0.2) is 9.37 Å². The minimum atomic E-state index is -0.855. The third-order valence-corrected chi connectivity index (χ3v) is 4.35. The lowest BCUT2D eigenvalue weighted by Gasteiger charge is -2.12. The summed E-state index contributed by atoms with van der Waals surface area (Å²) < 4.78 is 12.8. The molecule has 1 aromatic carbocycles. The van der Waals surface area contributed by atoms with Crippen molar-refractivity contribution in [3.05, 3.63) is 51.7 Å². The van der Waals surface area contributed by atoms with E-state index >= 15 is 0 Å². The Hall–Kier alpha value is -1.79. The topological polar surface area (TPSA) is 62.2 Å². The second kappa shape index (κ2) is 7.47. The number of hydrogen-bond acceptors (Lipinski definition) is 4. The van der Waals surface area contributed by atoms with Crippen molar-refractivity contribution in [1.29, 1.82) is 0 Å². The lowest BCUT2D eigenvalue weighted by Crippen LogP contribution is -2.29. The van der Waals surface area contributed by atoms with Gasteiger partial charge in [-0.15, -0.1) is 11.3 Å². The maximum Gasteiger partial charge on any atom is 0.226 e. The molecule has 1 heterocycles. The molecule has 1 amide bonds. The van der Waals surface area contributed by atoms with Gasteiger partial charge in [0.05, 0.1) is 23.2 Å². The lowest BCUT2D eigenvalue weighted by molar-refractivity contribution is -0.120. The average molecular weight is 322 g/mol. The molecule has 2 aromatic rings. The first-order chi connectivity index (χ1) is 10.5. The number of carbonyl (C=O) groups is 1. The highest BCUT2D eigenvalue weighted by Gasteiger charge is 2.12. The van der Waals surface area contributed by atoms with Crippen LogP contribution in [0.25, 0.3) is 0 Å². The van der Waals surface area contributed by atoms with E-state index in [0.29, 0.717) is 11.5 Å². The second-order valence-corrected chi connectivity index (χ2v) is 6.27. The number of aromatic nitrogens is 1. The van der Waals surface area contributed by atoms with Crippen LogP contribution >= 0.6 is 11.3 Å². The Morgan fingerprint density at radius 2 is 2.05 bits per heavy atom. The SMILES string of the molecule is CC(C)c1nc(CC(=O)NCC(O)c2ccc(F)cc2)cs1. The summed E-state index contributed by atoms with van der Waals surface area (Å²) >= 11 is 1.55. The molecule has 0 radical (unpaired) electrons. The highest BCUT2D eigenvalue weighted by Crippen LogP contribution is 2.19. The molecule has 0 spiro atoms. The predicted octanol–water partition coefficient (Wildman–Crippen LogP) is 2.80. The van der Waals surface area contributed by atoms with Gasteiger partial charge in [0.1, 0.15) is 5.82 Å². The quantitative estimate of drug-likeness (QED) is 0.859. The summed E-state index contributed by atoms with van der Waals surface area (Å²) in [6.45, 7) is 4.20. The molecular weight excluding hydrogens is 303 g/mol. The van der Waals surface area contributed by atoms with Crippen LogP contribution in [0.3, 0.4) is 0 Å². The number of aliphatic hydroxyl groups is 1. The molecule has 22 heavy (non-hydrogen) atoms. The van der Waals surface area contributed by atoms with Crippen LogP contribution in [0.2, 0.25) is 0 Å². The minimum Gasteiger partial charge on any atom is -0.387 e. The number of carbonyl (C=O) groups excluding carboxylic acids is 1. The van der Waals surface area contributed by atoms with E-state index in [1.807, 2.05) is 5.38 Å². The maximum atomic E-state index is 12.8. The summed E-state index contributed by atoms with van der Waals surface area (Å²) in [5.41, 5.74) is 1.31. The van der Waals surface area contributed by atoms with E-state index in [4.69, 9.17) is 0 Å². The summed E-state index contributed by atoms with van der Waals surface area (Å²) in [5, 5.41) is 15.5. The van der Waals surface area contributed by atoms with Gasteiger partial charge in [0.2, 0.25) is 5.91 Å². The fourth-order valence-electron chi connectivity index (χ4n) is 1.91. The van der Waals surface area contributed by atoms with Crippen LogP contribution in [-0.2, 0) is 11.2 Å². The van der Waals surface area contributed by atoms with Crippen molar-refractivity contribution in [3.63, 3.8) is 0 Å². The number of thiazole rings is 1. The van der Waals surface area contributed by atoms with Crippen molar-refractivity contribution < 1.29 is 14.3 Å². The molecule has 0 fully saturated rings. The number of hydrogen-bond donors (Lipinski definition) is 2. The predicted molar refractivity (Wildman–Crippen MR) is 84.3 cm³/mol. The van der Waals surface area contributed by atoms with Crippen LogP contribution in [-0.4, -0.2) is 22.5 Å². The first kappa shape index (κ1) is 16.6. The zero-order chi connectivity index (χ0) is 16.1. The monoisotopic (exact) mass is 322 g/mol. The van der Waals surface area contributed by atoms with Crippen LogP contribution < -0.4 is 5.32 Å². The van der Waals surface area contributed by atoms with Crippen molar-refractivity contribution >= 4 is 17.2 Å². The molecule has 0 bridgehead atoms. The van der Waals surface area contributed by atoms with E-state index in [9.17, 15) is 14.3 Å². The molecule has 0 aliphatic carbocycles. The van der Waals surface area contributed by atoms with Gasteiger partial charge in [-0.2, -0.15) is 0 Å². The van der Waals surface area contributed by atoms with Crippen molar-refractivity contribution in [2.75, 3.05) is 6.54 Å². The smallest absolute Gasteiger partial charge is 0.226 e. The third-order valence-electron chi connectivity index (χ3n) is 3.15. The number of nitrogens with one attached hydrogen (secondary N) is 1. The number of rotatable bonds is 6. The molecule has 1 unspecified atom stereocenters. The third kappa shape index (κ3) is 4.61. The molecule has 0 aliphatic rings. The second-order valence-electron chi connectivity index (χ2n) is 5.38. The number of aliphatic hydroxyl groups excluding tert-OH is 1. The summed E-state index contributed by atoms with van der Waals surface area (Å²) in [7, 11) is 0. The van der Waals surface area contributed by atoms with Crippen molar-refractivity contribution in [3.8, 4) is 0 Å². The molecule has 0 saturated heterocycles. The minimum absolute atomic E-state index is 0.0889. The van der Waals surface area contributed by atoms with Gasteiger partial charge < -0.3 is 10.4 Å². The summed E-state index contributed by atoms with van der Waals surface area (Å²) in [5.74, 6) is -0.201. The Labute approximate surface area is 133 Å². The Kier molecular flexibility index (Phi) is 5.63. The first-order valence-corrected chi connectivity index (χ1v) is 7.98. The molecule has 6 heteroatoms. The van der Waals surface area contributed by atoms with E-state index in [1.54, 1.807) is 11.3 Å². The van der Waals surface area contributed by atoms with E-state index in [2.05, 4.69) is 24.1 Å². The van der Waals surface area contributed by atoms with Gasteiger partial charge in [0.15, 0.2) is 0 Å². The maximum absolute atomic E-state index is 12.8. The van der Waals surface area contributed by atoms with E-state index in [-0.39, 0.29) is 24.7 Å². The Morgan fingerprint density at radius 1 is 1.36 bits per heavy atom. The van der Waals surface area contributed by atoms with Crippen LogP contribution in [0.1, 0.15) is 42.1 Å². The van der Waals surface area contributed by atoms with Gasteiger partial charge >= 0.3 is 0 Å². The fraction of sp³-hybridized carbons (Fsp3) is 0.375. The van der Waals surface area contributed by atoms with Crippen LogP contribution in [0.5, 0.6) is 0 Å². The van der Waals surface area contributed by atoms with Crippen LogP contribution in [0, 0.1) is 5.82 Å². The Balaban J connectivity index is 1.83. The Morgan fingerprint density at radius 3 is 2.64 bits per heavy atom. The van der Waals surface area contributed by atoms with Gasteiger partial charge in [-0.05, 0) is 17.7 Å². The highest BCUT2D eigenvalue weighted by atomic mass is 32.1. The molecule has 1 aromatic heterocycles. The standard InChI is InChI=1S/C16H19FN2O2S/c1-10(2)16-19-13(9-22-16)7-15(21)18-8-14(20)11-3-5-12(17)6-4-11/h3-6,9-10,14,20H,7-8H2,1-2H3,(H,18,21). The van der Waals surface area contributed by atoms with E-state index in [0.717, 1.165) is 10.7 Å². The van der Waals surface area contributed by atoms with Crippen LogP contribution in [0.15, 0.2) is 29.6 Å². The summed E-state index contributed by atoms with van der Waals surface area (Å²) in [4.78, 5) is 16.3. The van der Waals surface area contributed by atoms with E-state index in [1.165, 1.54) is 24.3 Å². The van der Waals surface area contributed by atoms with Crippen molar-refractivity contribution in [2.24, 2.45) is 0 Å². The zero-order valence-corrected chi connectivity index (χ0v) is 13.4. The van der Waals surface area contributed by atoms with Gasteiger partial charge in [-0.3, -0.25) is 4.79 Å². The van der Waals surface area contributed by atoms with Gasteiger partial charge in [-0.1, -0.05) is 26.0 Å². The molecule has 2 rings (SSSR count). The molecule has 2 N–H and O–H groups in total. The van der Waals surface area contributed by atoms with Gasteiger partial charge in [0.25, 0.3) is 0 Å². The van der Waals surface area contributed by atoms with Crippen molar-refractivity contribution in [2.45, 2.75) is 32.3 Å². The Bertz CT molecular complexity index is 625. The highest BCUT2D eigenvalue weighted by molar-refractivity contribution is 7.09. The number of amides is 1. The average Bonchev–Trinajstić information content (AvgIpc) is 2.94. The molecule has 4 nitrogen and oxygen atoms in total. The number of benzene rings is 1. The first-order valence-electron chi connectivity index (χ1n) is 7.10. The normalized spacial score (nSPS) is 12.4.